The van der Waals surface area contributed by atoms with E-state index in [0.717, 1.165) is 53.8 Å². The molecule has 3 aromatic rings. The minimum atomic E-state index is -0.276. The number of anilines is 2. The zero-order chi connectivity index (χ0) is 21.8. The van der Waals surface area contributed by atoms with Gasteiger partial charge in [-0.15, -0.1) is 11.3 Å². The number of benzene rings is 1. The van der Waals surface area contributed by atoms with Crippen LogP contribution >= 0.6 is 11.3 Å². The summed E-state index contributed by atoms with van der Waals surface area (Å²) >= 11 is 1.59. The first kappa shape index (κ1) is 21.5. The Bertz CT molecular complexity index is 1040. The second-order valence-corrected chi connectivity index (χ2v) is 9.15. The third kappa shape index (κ3) is 5.14. The molecule has 2 aromatic heterocycles. The predicted molar refractivity (Wildman–Crippen MR) is 126 cm³/mol. The number of fused-ring (bicyclic) bond motifs is 1. The van der Waals surface area contributed by atoms with Crippen LogP contribution in [0.15, 0.2) is 35.7 Å². The molecule has 1 aliphatic carbocycles. The van der Waals surface area contributed by atoms with Crippen LogP contribution in [-0.4, -0.2) is 49.2 Å². The fourth-order valence-corrected chi connectivity index (χ4v) is 4.84. The molecule has 31 heavy (non-hydrogen) atoms. The van der Waals surface area contributed by atoms with Crippen molar-refractivity contribution in [3.05, 3.63) is 46.2 Å². The summed E-state index contributed by atoms with van der Waals surface area (Å²) in [6.45, 7) is 0.782. The number of esters is 1. The molecule has 0 bridgehead atoms. The Morgan fingerprint density at radius 1 is 1.16 bits per heavy atom. The first-order valence-electron chi connectivity index (χ1n) is 10.6. The molecule has 1 saturated carbocycles. The third-order valence-corrected chi connectivity index (χ3v) is 6.64. The van der Waals surface area contributed by atoms with E-state index in [1.54, 1.807) is 11.3 Å². The SMILES string of the molecule is COC(=O)c1csc(CN[C@H]2CC[C@@H](Nc3nc(N(C)C)c4ccccc4n3)CC2)c1. The Kier molecular flexibility index (Phi) is 6.67. The highest BCUT2D eigenvalue weighted by Crippen LogP contribution is 2.26. The number of nitrogens with zero attached hydrogens (tertiary/aromatic N) is 3. The molecule has 0 amide bonds. The molecule has 0 spiro atoms. The van der Waals surface area contributed by atoms with Crippen LogP contribution < -0.4 is 15.5 Å². The summed E-state index contributed by atoms with van der Waals surface area (Å²) in [7, 11) is 5.43. The lowest BCUT2D eigenvalue weighted by molar-refractivity contribution is 0.0601. The molecule has 0 unspecified atom stereocenters. The number of hydrogen-bond donors (Lipinski definition) is 2. The van der Waals surface area contributed by atoms with Gasteiger partial charge in [0.15, 0.2) is 0 Å². The van der Waals surface area contributed by atoms with Gasteiger partial charge < -0.3 is 20.3 Å². The van der Waals surface area contributed by atoms with Gasteiger partial charge in [0, 0.05) is 48.4 Å². The van der Waals surface area contributed by atoms with Crippen molar-refractivity contribution in [1.29, 1.82) is 0 Å². The zero-order valence-corrected chi connectivity index (χ0v) is 19.0. The largest absolute Gasteiger partial charge is 0.465 e. The molecule has 164 valence electrons. The maximum Gasteiger partial charge on any atom is 0.338 e. The lowest BCUT2D eigenvalue weighted by atomic mass is 9.91. The number of methoxy groups -OCH3 is 1. The molecule has 0 radical (unpaired) electrons. The molecule has 0 saturated heterocycles. The van der Waals surface area contributed by atoms with Crippen molar-refractivity contribution in [3.63, 3.8) is 0 Å². The summed E-state index contributed by atoms with van der Waals surface area (Å²) in [6.07, 6.45) is 4.34. The topological polar surface area (TPSA) is 79.4 Å². The molecule has 0 atom stereocenters. The molecule has 1 aromatic carbocycles. The Morgan fingerprint density at radius 3 is 2.65 bits per heavy atom. The average Bonchev–Trinajstić information content (AvgIpc) is 3.26. The van der Waals surface area contributed by atoms with E-state index < -0.39 is 0 Å². The van der Waals surface area contributed by atoms with Crippen LogP contribution in [0.5, 0.6) is 0 Å². The van der Waals surface area contributed by atoms with E-state index in [0.29, 0.717) is 23.6 Å². The smallest absolute Gasteiger partial charge is 0.338 e. The van der Waals surface area contributed by atoms with E-state index >= 15 is 0 Å². The lowest BCUT2D eigenvalue weighted by Crippen LogP contribution is -2.36. The summed E-state index contributed by atoms with van der Waals surface area (Å²) < 4.78 is 4.78. The van der Waals surface area contributed by atoms with Gasteiger partial charge in [-0.1, -0.05) is 12.1 Å². The van der Waals surface area contributed by atoms with Crippen molar-refractivity contribution in [2.75, 3.05) is 31.4 Å². The van der Waals surface area contributed by atoms with Crippen LogP contribution in [-0.2, 0) is 11.3 Å². The van der Waals surface area contributed by atoms with Crippen LogP contribution in [0.1, 0.15) is 40.9 Å². The van der Waals surface area contributed by atoms with Crippen molar-refractivity contribution in [1.82, 2.24) is 15.3 Å². The highest BCUT2D eigenvalue weighted by molar-refractivity contribution is 7.10. The Morgan fingerprint density at radius 2 is 1.90 bits per heavy atom. The molecule has 4 rings (SSSR count). The van der Waals surface area contributed by atoms with E-state index in [1.807, 2.05) is 48.6 Å². The molecule has 1 fully saturated rings. The van der Waals surface area contributed by atoms with E-state index in [4.69, 9.17) is 14.7 Å². The van der Waals surface area contributed by atoms with Crippen molar-refractivity contribution < 1.29 is 9.53 Å². The first-order chi connectivity index (χ1) is 15.0. The van der Waals surface area contributed by atoms with Gasteiger partial charge in [0.05, 0.1) is 18.2 Å². The summed E-state index contributed by atoms with van der Waals surface area (Å²) in [5.74, 6) is 1.36. The molecule has 2 N–H and O–H groups in total. The number of carbonyl (C=O) groups is 1. The van der Waals surface area contributed by atoms with Crippen LogP contribution in [0.4, 0.5) is 11.8 Å². The fraction of sp³-hybridized carbons (Fsp3) is 0.435. The number of aromatic nitrogens is 2. The molecular formula is C23H29N5O2S. The summed E-state index contributed by atoms with van der Waals surface area (Å²) in [5, 5.41) is 10.1. The maximum absolute atomic E-state index is 11.6. The Hall–Kier alpha value is -2.71. The molecule has 1 aliphatic rings. The van der Waals surface area contributed by atoms with Crippen molar-refractivity contribution in [3.8, 4) is 0 Å². The van der Waals surface area contributed by atoms with Gasteiger partial charge in [-0.2, -0.15) is 4.98 Å². The van der Waals surface area contributed by atoms with Gasteiger partial charge in [-0.25, -0.2) is 9.78 Å². The van der Waals surface area contributed by atoms with Gasteiger partial charge in [0.2, 0.25) is 5.95 Å². The lowest BCUT2D eigenvalue weighted by Gasteiger charge is -2.30. The second-order valence-electron chi connectivity index (χ2n) is 8.15. The van der Waals surface area contributed by atoms with Crippen LogP contribution in [0.25, 0.3) is 10.9 Å². The maximum atomic E-state index is 11.6. The number of rotatable bonds is 7. The fourth-order valence-electron chi connectivity index (χ4n) is 4.03. The normalized spacial score (nSPS) is 18.7. The quantitative estimate of drug-likeness (QED) is 0.538. The first-order valence-corrected chi connectivity index (χ1v) is 11.5. The highest BCUT2D eigenvalue weighted by atomic mass is 32.1. The van der Waals surface area contributed by atoms with Gasteiger partial charge in [-0.3, -0.25) is 0 Å². The summed E-state index contributed by atoms with van der Waals surface area (Å²) in [5.41, 5.74) is 1.59. The van der Waals surface area contributed by atoms with Crippen molar-refractivity contribution in [2.24, 2.45) is 0 Å². The van der Waals surface area contributed by atoms with E-state index in [9.17, 15) is 4.79 Å². The average molecular weight is 440 g/mol. The standard InChI is InChI=1S/C23H29N5O2S/c1-28(2)21-19-6-4-5-7-20(19)26-23(27-21)25-17-10-8-16(9-11-17)24-13-18-12-15(14-31-18)22(29)30-3/h4-7,12,14,16-17,24H,8-11,13H2,1-3H3,(H,25,26,27)/t16-,17+. The van der Waals surface area contributed by atoms with E-state index in [1.165, 1.54) is 7.11 Å². The van der Waals surface area contributed by atoms with Gasteiger partial charge in [0.25, 0.3) is 0 Å². The minimum absolute atomic E-state index is 0.276. The predicted octanol–water partition coefficient (Wildman–Crippen LogP) is 4.06. The number of carbonyl (C=O) groups excluding carboxylic acids is 1. The third-order valence-electron chi connectivity index (χ3n) is 5.71. The highest BCUT2D eigenvalue weighted by Gasteiger charge is 2.22. The Balaban J connectivity index is 1.31. The molecule has 7 nitrogen and oxygen atoms in total. The number of ether oxygens (including phenoxy) is 1. The number of para-hydroxylation sites is 1. The van der Waals surface area contributed by atoms with Crippen molar-refractivity contribution >= 4 is 40.0 Å². The molecule has 2 heterocycles. The van der Waals surface area contributed by atoms with Gasteiger partial charge in [-0.05, 0) is 43.9 Å². The van der Waals surface area contributed by atoms with Crippen LogP contribution in [0, 0.1) is 0 Å². The summed E-state index contributed by atoms with van der Waals surface area (Å²) in [4.78, 5) is 24.3. The van der Waals surface area contributed by atoms with E-state index in [2.05, 4.69) is 16.7 Å². The number of nitrogens with one attached hydrogen (secondary N) is 2. The minimum Gasteiger partial charge on any atom is -0.465 e. The Labute approximate surface area is 186 Å². The zero-order valence-electron chi connectivity index (χ0n) is 18.2. The monoisotopic (exact) mass is 439 g/mol. The molecular weight excluding hydrogens is 410 g/mol. The molecule has 8 heteroatoms. The second kappa shape index (κ2) is 9.62. The van der Waals surface area contributed by atoms with Crippen LogP contribution in [0.3, 0.4) is 0 Å². The van der Waals surface area contributed by atoms with Crippen molar-refractivity contribution in [2.45, 2.75) is 44.3 Å². The summed E-state index contributed by atoms with van der Waals surface area (Å²) in [6, 6.07) is 10.9. The number of thiophene rings is 1. The van der Waals surface area contributed by atoms with E-state index in [-0.39, 0.29) is 5.97 Å². The van der Waals surface area contributed by atoms with Gasteiger partial charge in [0.1, 0.15) is 5.82 Å². The molecule has 0 aliphatic heterocycles. The van der Waals surface area contributed by atoms with Crippen LogP contribution in [0.2, 0.25) is 0 Å². The van der Waals surface area contributed by atoms with Gasteiger partial charge >= 0.3 is 5.97 Å². The number of hydrogen-bond acceptors (Lipinski definition) is 8.